The zero-order valence-electron chi connectivity index (χ0n) is 11.9. The molecule has 0 aliphatic heterocycles. The second kappa shape index (κ2) is 6.59. The number of nitriles is 1. The van der Waals surface area contributed by atoms with Crippen LogP contribution in [0.5, 0.6) is 11.5 Å². The van der Waals surface area contributed by atoms with E-state index in [4.69, 9.17) is 14.7 Å². The summed E-state index contributed by atoms with van der Waals surface area (Å²) in [6.07, 6.45) is 1.75. The standard InChI is InChI=1S/C18H14N2O2/c19-13-14-6-8-16(9-7-14)21-11-12-22-17-5-1-3-15-4-2-10-20-18(15)17/h1-10H,11-12H2. The van der Waals surface area contributed by atoms with Crippen molar-refractivity contribution in [1.29, 1.82) is 5.26 Å². The number of nitrogens with zero attached hydrogens (tertiary/aromatic N) is 2. The second-order valence-corrected chi connectivity index (χ2v) is 4.66. The predicted molar refractivity (Wildman–Crippen MR) is 83.9 cm³/mol. The summed E-state index contributed by atoms with van der Waals surface area (Å²) in [6, 6.07) is 18.8. The Kier molecular flexibility index (Phi) is 4.17. The number of hydrogen-bond acceptors (Lipinski definition) is 4. The topological polar surface area (TPSA) is 55.1 Å². The molecule has 0 spiro atoms. The molecule has 3 rings (SSSR count). The first-order chi connectivity index (χ1) is 10.9. The maximum absolute atomic E-state index is 8.74. The molecule has 0 saturated heterocycles. The zero-order chi connectivity index (χ0) is 15.2. The van der Waals surface area contributed by atoms with E-state index >= 15 is 0 Å². The first-order valence-corrected chi connectivity index (χ1v) is 6.96. The fourth-order valence-electron chi connectivity index (χ4n) is 2.13. The first-order valence-electron chi connectivity index (χ1n) is 6.96. The Bertz CT molecular complexity index is 802. The number of hydrogen-bond donors (Lipinski definition) is 0. The average Bonchev–Trinajstić information content (AvgIpc) is 2.59. The van der Waals surface area contributed by atoms with Gasteiger partial charge in [-0.3, -0.25) is 4.98 Å². The van der Waals surface area contributed by atoms with Gasteiger partial charge in [-0.2, -0.15) is 5.26 Å². The molecule has 4 heteroatoms. The number of aromatic nitrogens is 1. The van der Waals surface area contributed by atoms with E-state index < -0.39 is 0 Å². The van der Waals surface area contributed by atoms with Gasteiger partial charge in [0.2, 0.25) is 0 Å². The Labute approximate surface area is 128 Å². The van der Waals surface area contributed by atoms with E-state index in [2.05, 4.69) is 11.1 Å². The van der Waals surface area contributed by atoms with Gasteiger partial charge in [-0.05, 0) is 36.4 Å². The smallest absolute Gasteiger partial charge is 0.145 e. The molecule has 0 N–H and O–H groups in total. The molecule has 0 radical (unpaired) electrons. The van der Waals surface area contributed by atoms with Crippen LogP contribution >= 0.6 is 0 Å². The van der Waals surface area contributed by atoms with Gasteiger partial charge in [0.05, 0.1) is 11.6 Å². The summed E-state index contributed by atoms with van der Waals surface area (Å²) < 4.78 is 11.3. The Morgan fingerprint density at radius 2 is 1.68 bits per heavy atom. The summed E-state index contributed by atoms with van der Waals surface area (Å²) in [4.78, 5) is 4.34. The van der Waals surface area contributed by atoms with Gasteiger partial charge in [-0.15, -0.1) is 0 Å². The highest BCUT2D eigenvalue weighted by atomic mass is 16.5. The largest absolute Gasteiger partial charge is 0.490 e. The third-order valence-electron chi connectivity index (χ3n) is 3.19. The lowest BCUT2D eigenvalue weighted by molar-refractivity contribution is 0.218. The molecule has 108 valence electrons. The molecular weight excluding hydrogens is 276 g/mol. The predicted octanol–water partition coefficient (Wildman–Crippen LogP) is 3.56. The first kappa shape index (κ1) is 13.9. The zero-order valence-corrected chi connectivity index (χ0v) is 11.9. The molecule has 0 aliphatic carbocycles. The molecule has 0 unspecified atom stereocenters. The van der Waals surface area contributed by atoms with E-state index in [9.17, 15) is 0 Å². The molecule has 0 bridgehead atoms. The second-order valence-electron chi connectivity index (χ2n) is 4.66. The van der Waals surface area contributed by atoms with Gasteiger partial charge in [-0.25, -0.2) is 0 Å². The summed E-state index contributed by atoms with van der Waals surface area (Å²) >= 11 is 0. The molecule has 1 heterocycles. The number of pyridine rings is 1. The van der Waals surface area contributed by atoms with Crippen molar-refractivity contribution in [3.05, 3.63) is 66.4 Å². The molecular formula is C18H14N2O2. The van der Waals surface area contributed by atoms with Crippen molar-refractivity contribution in [3.8, 4) is 17.6 Å². The van der Waals surface area contributed by atoms with Crippen molar-refractivity contribution < 1.29 is 9.47 Å². The summed E-state index contributed by atoms with van der Waals surface area (Å²) in [7, 11) is 0. The lowest BCUT2D eigenvalue weighted by Gasteiger charge is -2.10. The normalized spacial score (nSPS) is 10.1. The van der Waals surface area contributed by atoms with Crippen LogP contribution in [-0.4, -0.2) is 18.2 Å². The highest BCUT2D eigenvalue weighted by Crippen LogP contribution is 2.22. The molecule has 22 heavy (non-hydrogen) atoms. The lowest BCUT2D eigenvalue weighted by atomic mass is 10.2. The van der Waals surface area contributed by atoms with Crippen molar-refractivity contribution in [2.75, 3.05) is 13.2 Å². The summed E-state index contributed by atoms with van der Waals surface area (Å²) in [6.45, 7) is 0.852. The Hall–Kier alpha value is -3.06. The Balaban J connectivity index is 1.57. The lowest BCUT2D eigenvalue weighted by Crippen LogP contribution is -2.09. The summed E-state index contributed by atoms with van der Waals surface area (Å²) in [5, 5.41) is 9.79. The van der Waals surface area contributed by atoms with Gasteiger partial charge in [0.1, 0.15) is 30.2 Å². The van der Waals surface area contributed by atoms with Crippen molar-refractivity contribution in [3.63, 3.8) is 0 Å². The summed E-state index contributed by atoms with van der Waals surface area (Å²) in [5.74, 6) is 1.47. The average molecular weight is 290 g/mol. The fraction of sp³-hybridized carbons (Fsp3) is 0.111. The molecule has 0 saturated carbocycles. The maximum Gasteiger partial charge on any atom is 0.145 e. The van der Waals surface area contributed by atoms with Crippen LogP contribution in [0, 0.1) is 11.3 Å². The van der Waals surface area contributed by atoms with Crippen LogP contribution in [0.15, 0.2) is 60.8 Å². The van der Waals surface area contributed by atoms with E-state index in [0.717, 1.165) is 22.4 Å². The monoisotopic (exact) mass is 290 g/mol. The van der Waals surface area contributed by atoms with E-state index in [-0.39, 0.29) is 0 Å². The van der Waals surface area contributed by atoms with Gasteiger partial charge in [0, 0.05) is 11.6 Å². The van der Waals surface area contributed by atoms with Gasteiger partial charge < -0.3 is 9.47 Å². The highest BCUT2D eigenvalue weighted by molar-refractivity contribution is 5.84. The maximum atomic E-state index is 8.74. The van der Waals surface area contributed by atoms with Crippen LogP contribution in [0.3, 0.4) is 0 Å². The van der Waals surface area contributed by atoms with Crippen molar-refractivity contribution in [1.82, 2.24) is 4.98 Å². The molecule has 3 aromatic rings. The van der Waals surface area contributed by atoms with Crippen LogP contribution in [0.1, 0.15) is 5.56 Å². The molecule has 4 nitrogen and oxygen atoms in total. The van der Waals surface area contributed by atoms with Crippen LogP contribution < -0.4 is 9.47 Å². The van der Waals surface area contributed by atoms with Crippen LogP contribution in [0.2, 0.25) is 0 Å². The van der Waals surface area contributed by atoms with Gasteiger partial charge >= 0.3 is 0 Å². The summed E-state index contributed by atoms with van der Waals surface area (Å²) in [5.41, 5.74) is 1.47. The fourth-order valence-corrected chi connectivity index (χ4v) is 2.13. The highest BCUT2D eigenvalue weighted by Gasteiger charge is 2.02. The van der Waals surface area contributed by atoms with Crippen LogP contribution in [-0.2, 0) is 0 Å². The SMILES string of the molecule is N#Cc1ccc(OCCOc2cccc3cccnc23)cc1. The van der Waals surface area contributed by atoms with Gasteiger partial charge in [0.25, 0.3) is 0 Å². The molecule has 0 aliphatic rings. The number of para-hydroxylation sites is 1. The van der Waals surface area contributed by atoms with Gasteiger partial charge in [-0.1, -0.05) is 18.2 Å². The Morgan fingerprint density at radius 3 is 2.50 bits per heavy atom. The number of rotatable bonds is 5. The minimum Gasteiger partial charge on any atom is -0.490 e. The number of fused-ring (bicyclic) bond motifs is 1. The van der Waals surface area contributed by atoms with Crippen molar-refractivity contribution in [2.24, 2.45) is 0 Å². The third kappa shape index (κ3) is 3.15. The third-order valence-corrected chi connectivity index (χ3v) is 3.19. The van der Waals surface area contributed by atoms with Crippen molar-refractivity contribution >= 4 is 10.9 Å². The molecule has 1 aromatic heterocycles. The molecule has 0 amide bonds. The van der Waals surface area contributed by atoms with E-state index in [0.29, 0.717) is 18.8 Å². The van der Waals surface area contributed by atoms with E-state index in [1.54, 1.807) is 30.5 Å². The minimum absolute atomic E-state index is 0.426. The molecule has 2 aromatic carbocycles. The van der Waals surface area contributed by atoms with E-state index in [1.165, 1.54) is 0 Å². The minimum atomic E-state index is 0.426. The van der Waals surface area contributed by atoms with Crippen LogP contribution in [0.4, 0.5) is 0 Å². The molecule has 0 atom stereocenters. The van der Waals surface area contributed by atoms with Gasteiger partial charge in [0.15, 0.2) is 0 Å². The number of benzene rings is 2. The van der Waals surface area contributed by atoms with E-state index in [1.807, 2.05) is 30.3 Å². The Morgan fingerprint density at radius 1 is 0.909 bits per heavy atom. The number of ether oxygens (including phenoxy) is 2. The molecule has 0 fully saturated rings. The quantitative estimate of drug-likeness (QED) is 0.674. The van der Waals surface area contributed by atoms with Crippen molar-refractivity contribution in [2.45, 2.75) is 0 Å². The van der Waals surface area contributed by atoms with Crippen LogP contribution in [0.25, 0.3) is 10.9 Å².